The van der Waals surface area contributed by atoms with Crippen LogP contribution >= 0.6 is 0 Å². The number of nitrogens with zero attached hydrogens (tertiary/aromatic N) is 1. The number of ketones is 1. The Balaban J connectivity index is 1.55. The van der Waals surface area contributed by atoms with Crippen molar-refractivity contribution in [1.82, 2.24) is 10.2 Å². The Morgan fingerprint density at radius 3 is 2.16 bits per heavy atom. The second-order valence-electron chi connectivity index (χ2n) is 7.82. The van der Waals surface area contributed by atoms with E-state index in [9.17, 15) is 19.2 Å². The van der Waals surface area contributed by atoms with Gasteiger partial charge in [-0.25, -0.2) is 0 Å². The number of hydrogen-bond acceptors (Lipinski definition) is 4. The van der Waals surface area contributed by atoms with Gasteiger partial charge < -0.3 is 16.0 Å². The minimum Gasteiger partial charge on any atom is -0.363 e. The molecule has 1 fully saturated rings. The predicted molar refractivity (Wildman–Crippen MR) is 121 cm³/mol. The Hall–Kier alpha value is -3.74. The molecule has 3 rings (SSSR count). The normalized spacial score (nSPS) is 15.3. The summed E-state index contributed by atoms with van der Waals surface area (Å²) in [6.07, 6.45) is 4.47. The number of rotatable bonds is 8. The van der Waals surface area contributed by atoms with Crippen LogP contribution in [0.15, 0.2) is 66.7 Å². The number of likely N-dealkylation sites (tertiary alicyclic amines) is 1. The molecule has 2 aromatic rings. The fourth-order valence-corrected chi connectivity index (χ4v) is 3.72. The number of Topliss-reactive ketones (excluding diaryl/α,β-unsaturated/α-hetero) is 1. The third-order valence-corrected chi connectivity index (χ3v) is 5.55. The third kappa shape index (κ3) is 6.38. The number of carbonyl (C=O) groups is 4. The second kappa shape index (κ2) is 11.0. The fraction of sp³-hybridized carbons (Fsp3) is 0.280. The zero-order valence-corrected chi connectivity index (χ0v) is 17.8. The Morgan fingerprint density at radius 1 is 0.969 bits per heavy atom. The summed E-state index contributed by atoms with van der Waals surface area (Å²) in [5.74, 6) is -2.63. The highest BCUT2D eigenvalue weighted by molar-refractivity contribution is 6.37. The number of hydrogen-bond donors (Lipinski definition) is 2. The van der Waals surface area contributed by atoms with E-state index in [1.807, 2.05) is 60.7 Å². The molecule has 0 bridgehead atoms. The summed E-state index contributed by atoms with van der Waals surface area (Å²) in [7, 11) is 0. The monoisotopic (exact) mass is 433 g/mol. The summed E-state index contributed by atoms with van der Waals surface area (Å²) in [6, 6.07) is 17.7. The largest absolute Gasteiger partial charge is 0.363 e. The second-order valence-corrected chi connectivity index (χ2v) is 7.82. The molecule has 32 heavy (non-hydrogen) atoms. The Labute approximate surface area is 187 Å². The molecule has 1 aliphatic heterocycles. The van der Waals surface area contributed by atoms with Crippen LogP contribution in [0.1, 0.15) is 24.0 Å². The Morgan fingerprint density at radius 2 is 1.56 bits per heavy atom. The molecule has 3 amide bonds. The number of carbonyl (C=O) groups excluding carboxylic acids is 4. The van der Waals surface area contributed by atoms with E-state index in [-0.39, 0.29) is 24.2 Å². The molecule has 0 radical (unpaired) electrons. The average Bonchev–Trinajstić information content (AvgIpc) is 2.83. The van der Waals surface area contributed by atoms with Crippen molar-refractivity contribution < 1.29 is 19.2 Å². The van der Waals surface area contributed by atoms with Gasteiger partial charge in [0.05, 0.1) is 0 Å². The van der Waals surface area contributed by atoms with Crippen LogP contribution in [-0.4, -0.2) is 47.5 Å². The maximum atomic E-state index is 12.8. The predicted octanol–water partition coefficient (Wildman–Crippen LogP) is 1.72. The molecular weight excluding hydrogens is 406 g/mol. The van der Waals surface area contributed by atoms with Gasteiger partial charge in [-0.05, 0) is 30.0 Å². The van der Waals surface area contributed by atoms with Gasteiger partial charge in [0.25, 0.3) is 5.91 Å². The molecule has 1 heterocycles. The van der Waals surface area contributed by atoms with E-state index in [4.69, 9.17) is 5.73 Å². The number of primary amides is 1. The molecule has 0 spiro atoms. The minimum absolute atomic E-state index is 0.0985. The molecule has 3 N–H and O–H groups in total. The van der Waals surface area contributed by atoms with Gasteiger partial charge in [-0.1, -0.05) is 60.7 Å². The molecule has 2 aromatic carbocycles. The minimum atomic E-state index is -1.07. The first-order valence-electron chi connectivity index (χ1n) is 10.6. The van der Waals surface area contributed by atoms with Gasteiger partial charge in [-0.2, -0.15) is 0 Å². The summed E-state index contributed by atoms with van der Waals surface area (Å²) in [4.78, 5) is 50.6. The van der Waals surface area contributed by atoms with E-state index < -0.39 is 17.7 Å². The molecule has 0 saturated carbocycles. The van der Waals surface area contributed by atoms with Crippen molar-refractivity contribution in [3.8, 4) is 0 Å². The number of nitrogens with two attached hydrogens (primary N) is 1. The third-order valence-electron chi connectivity index (χ3n) is 5.55. The Bertz CT molecular complexity index is 981. The smallest absolute Gasteiger partial charge is 0.287 e. The van der Waals surface area contributed by atoms with Crippen LogP contribution in [-0.2, 0) is 25.6 Å². The van der Waals surface area contributed by atoms with E-state index in [0.29, 0.717) is 25.9 Å². The van der Waals surface area contributed by atoms with Crippen LogP contribution in [0.4, 0.5) is 0 Å². The molecular formula is C25H27N3O4. The molecule has 7 nitrogen and oxygen atoms in total. The van der Waals surface area contributed by atoms with Crippen LogP contribution in [0.2, 0.25) is 0 Å². The van der Waals surface area contributed by atoms with E-state index in [1.165, 1.54) is 6.08 Å². The lowest BCUT2D eigenvalue weighted by molar-refractivity contribution is -0.139. The van der Waals surface area contributed by atoms with Crippen molar-refractivity contribution >= 4 is 29.6 Å². The van der Waals surface area contributed by atoms with Gasteiger partial charge in [-0.15, -0.1) is 0 Å². The van der Waals surface area contributed by atoms with Crippen molar-refractivity contribution in [3.63, 3.8) is 0 Å². The first-order chi connectivity index (χ1) is 15.4. The molecule has 166 valence electrons. The topological polar surface area (TPSA) is 110 Å². The molecule has 1 unspecified atom stereocenters. The van der Waals surface area contributed by atoms with Crippen LogP contribution in [0.3, 0.4) is 0 Å². The van der Waals surface area contributed by atoms with Crippen molar-refractivity contribution in [3.05, 3.63) is 77.9 Å². The van der Waals surface area contributed by atoms with Crippen molar-refractivity contribution in [2.75, 3.05) is 13.1 Å². The lowest BCUT2D eigenvalue weighted by Gasteiger charge is -2.31. The lowest BCUT2D eigenvalue weighted by atomic mass is 9.94. The summed E-state index contributed by atoms with van der Waals surface area (Å²) < 4.78 is 0. The van der Waals surface area contributed by atoms with E-state index in [1.54, 1.807) is 11.0 Å². The zero-order chi connectivity index (χ0) is 22.9. The first-order valence-corrected chi connectivity index (χ1v) is 10.6. The van der Waals surface area contributed by atoms with Crippen LogP contribution in [0.5, 0.6) is 0 Å². The number of piperidine rings is 1. The molecule has 1 atom stereocenters. The molecule has 0 aliphatic carbocycles. The highest BCUT2D eigenvalue weighted by Gasteiger charge is 2.31. The molecule has 1 saturated heterocycles. The quantitative estimate of drug-likeness (QED) is 0.488. The van der Waals surface area contributed by atoms with Crippen LogP contribution < -0.4 is 11.1 Å². The number of benzene rings is 2. The number of amides is 3. The van der Waals surface area contributed by atoms with Gasteiger partial charge >= 0.3 is 0 Å². The maximum Gasteiger partial charge on any atom is 0.287 e. The highest BCUT2D eigenvalue weighted by atomic mass is 16.2. The zero-order valence-electron chi connectivity index (χ0n) is 17.8. The van der Waals surface area contributed by atoms with E-state index in [0.717, 1.165) is 11.1 Å². The molecule has 1 aliphatic rings. The molecule has 0 aromatic heterocycles. The average molecular weight is 434 g/mol. The fourth-order valence-electron chi connectivity index (χ4n) is 3.72. The molecule has 7 heteroatoms. The van der Waals surface area contributed by atoms with E-state index in [2.05, 4.69) is 5.32 Å². The van der Waals surface area contributed by atoms with Crippen molar-refractivity contribution in [2.24, 2.45) is 11.7 Å². The Kier molecular flexibility index (Phi) is 7.91. The van der Waals surface area contributed by atoms with Crippen LogP contribution in [0.25, 0.3) is 6.08 Å². The van der Waals surface area contributed by atoms with Gasteiger partial charge in [-0.3, -0.25) is 19.2 Å². The summed E-state index contributed by atoms with van der Waals surface area (Å²) in [5, 5.41) is 2.70. The van der Waals surface area contributed by atoms with E-state index >= 15 is 0 Å². The summed E-state index contributed by atoms with van der Waals surface area (Å²) >= 11 is 0. The SMILES string of the molecule is NC(=O)C(=O)C(Cc1ccccc1)NC(=O)C1CCN(C(=O)/C=C/c2ccccc2)CC1. The lowest BCUT2D eigenvalue weighted by Crippen LogP contribution is -2.50. The van der Waals surface area contributed by atoms with Crippen LogP contribution in [0, 0.1) is 5.92 Å². The summed E-state index contributed by atoms with van der Waals surface area (Å²) in [6.45, 7) is 0.895. The van der Waals surface area contributed by atoms with Crippen molar-refractivity contribution in [2.45, 2.75) is 25.3 Å². The summed E-state index contributed by atoms with van der Waals surface area (Å²) in [5.41, 5.74) is 6.94. The first kappa shape index (κ1) is 22.9. The van der Waals surface area contributed by atoms with Gasteiger partial charge in [0.15, 0.2) is 0 Å². The maximum absolute atomic E-state index is 12.8. The van der Waals surface area contributed by atoms with Crippen molar-refractivity contribution in [1.29, 1.82) is 0 Å². The number of nitrogens with one attached hydrogen (secondary N) is 1. The standard InChI is InChI=1S/C25H27N3O4/c26-24(31)23(30)21(17-19-9-5-2-6-10-19)27-25(32)20-13-15-28(16-14-20)22(29)12-11-18-7-3-1-4-8-18/h1-12,20-21H,13-17H2,(H2,26,31)(H,27,32)/b12-11+. The van der Waals surface area contributed by atoms with Gasteiger partial charge in [0, 0.05) is 31.5 Å². The van der Waals surface area contributed by atoms with Gasteiger partial charge in [0.2, 0.25) is 17.6 Å². The van der Waals surface area contributed by atoms with Gasteiger partial charge in [0.1, 0.15) is 6.04 Å². The highest BCUT2D eigenvalue weighted by Crippen LogP contribution is 2.19.